The maximum Gasteiger partial charge on any atom is 0.261 e. The summed E-state index contributed by atoms with van der Waals surface area (Å²) in [4.78, 5) is 28.9. The number of fused-ring (bicyclic) bond motifs is 2. The molecule has 2 aromatic carbocycles. The minimum absolute atomic E-state index is 0.120. The van der Waals surface area contributed by atoms with E-state index in [1.54, 1.807) is 18.2 Å². The summed E-state index contributed by atoms with van der Waals surface area (Å²) in [6, 6.07) is 14.5. The predicted molar refractivity (Wildman–Crippen MR) is 87.3 cm³/mol. The Kier molecular flexibility index (Phi) is 3.08. The Hall–Kier alpha value is -3.15. The fourth-order valence-electron chi connectivity index (χ4n) is 2.79. The van der Waals surface area contributed by atoms with Gasteiger partial charge in [0.2, 0.25) is 0 Å². The van der Waals surface area contributed by atoms with Crippen molar-refractivity contribution < 1.29 is 4.79 Å². The average Bonchev–Trinajstić information content (AvgIpc) is 2.58. The van der Waals surface area contributed by atoms with E-state index in [9.17, 15) is 9.59 Å². The van der Waals surface area contributed by atoms with Crippen molar-refractivity contribution in [2.75, 3.05) is 5.32 Å². The van der Waals surface area contributed by atoms with Crippen LogP contribution in [0.25, 0.3) is 10.9 Å². The zero-order valence-corrected chi connectivity index (χ0v) is 12.2. The number of aromatic nitrogens is 2. The van der Waals surface area contributed by atoms with Crippen LogP contribution < -0.4 is 16.2 Å². The van der Waals surface area contributed by atoms with Gasteiger partial charge < -0.3 is 10.6 Å². The lowest BCUT2D eigenvalue weighted by atomic mass is 10.1. The molecule has 6 nitrogen and oxygen atoms in total. The number of nitrogens with zero attached hydrogens (tertiary/aromatic N) is 2. The molecule has 1 amide bonds. The van der Waals surface area contributed by atoms with Crippen molar-refractivity contribution in [1.29, 1.82) is 0 Å². The molecule has 1 atom stereocenters. The van der Waals surface area contributed by atoms with E-state index in [1.807, 2.05) is 30.3 Å². The third-order valence-electron chi connectivity index (χ3n) is 3.92. The first-order valence-electron chi connectivity index (χ1n) is 7.33. The number of hydrogen-bond acceptors (Lipinski definition) is 4. The van der Waals surface area contributed by atoms with Crippen LogP contribution in [0.3, 0.4) is 0 Å². The number of hydrogen-bond donors (Lipinski definition) is 2. The van der Waals surface area contributed by atoms with Crippen molar-refractivity contribution in [2.24, 2.45) is 0 Å². The van der Waals surface area contributed by atoms with E-state index >= 15 is 0 Å². The summed E-state index contributed by atoms with van der Waals surface area (Å²) in [5.74, 6) is -0.147. The monoisotopic (exact) mass is 306 g/mol. The molecule has 0 aliphatic carbocycles. The number of carbonyl (C=O) groups excluding carboxylic acids is 1. The van der Waals surface area contributed by atoms with Gasteiger partial charge in [0.15, 0.2) is 0 Å². The summed E-state index contributed by atoms with van der Waals surface area (Å²) < 4.78 is 1.51. The fraction of sp³-hybridized carbons (Fsp3) is 0.118. The van der Waals surface area contributed by atoms with Crippen LogP contribution in [0, 0.1) is 0 Å². The molecular formula is C17H14N4O2. The van der Waals surface area contributed by atoms with Gasteiger partial charge in [0.05, 0.1) is 29.3 Å². The Morgan fingerprint density at radius 3 is 2.70 bits per heavy atom. The normalized spacial score (nSPS) is 16.5. The maximum absolute atomic E-state index is 12.5. The molecule has 0 saturated heterocycles. The Bertz CT molecular complexity index is 964. The summed E-state index contributed by atoms with van der Waals surface area (Å²) >= 11 is 0. The molecular weight excluding hydrogens is 292 g/mol. The second-order valence-electron chi connectivity index (χ2n) is 5.44. The molecule has 0 radical (unpaired) electrons. The van der Waals surface area contributed by atoms with E-state index < -0.39 is 0 Å². The lowest BCUT2D eigenvalue weighted by molar-refractivity contribution is 0.0932. The molecule has 0 saturated carbocycles. The zero-order valence-electron chi connectivity index (χ0n) is 12.2. The Balaban J connectivity index is 1.66. The minimum atomic E-state index is -0.363. The van der Waals surface area contributed by atoms with Crippen LogP contribution in [-0.4, -0.2) is 21.6 Å². The fourth-order valence-corrected chi connectivity index (χ4v) is 2.79. The van der Waals surface area contributed by atoms with Gasteiger partial charge in [-0.05, 0) is 24.3 Å². The third-order valence-corrected chi connectivity index (χ3v) is 3.92. The molecule has 4 rings (SSSR count). The van der Waals surface area contributed by atoms with Crippen LogP contribution in [0.15, 0.2) is 59.7 Å². The summed E-state index contributed by atoms with van der Waals surface area (Å²) in [6.07, 6.45) is 1.15. The summed E-state index contributed by atoms with van der Waals surface area (Å²) in [5.41, 5.74) is 1.92. The molecule has 1 aliphatic rings. The Morgan fingerprint density at radius 1 is 1.00 bits per heavy atom. The number of anilines is 1. The Labute approximate surface area is 131 Å². The van der Waals surface area contributed by atoms with Crippen LogP contribution in [-0.2, 0) is 6.54 Å². The van der Waals surface area contributed by atoms with E-state index in [2.05, 4.69) is 15.6 Å². The molecule has 1 unspecified atom stereocenters. The van der Waals surface area contributed by atoms with Crippen molar-refractivity contribution in [3.05, 3.63) is 70.8 Å². The first kappa shape index (κ1) is 13.5. The third kappa shape index (κ3) is 2.34. The molecule has 2 heterocycles. The highest BCUT2D eigenvalue weighted by Gasteiger charge is 2.23. The van der Waals surface area contributed by atoms with E-state index in [4.69, 9.17) is 0 Å². The van der Waals surface area contributed by atoms with Gasteiger partial charge >= 0.3 is 0 Å². The van der Waals surface area contributed by atoms with Crippen LogP contribution >= 0.6 is 0 Å². The largest absolute Gasteiger partial charge is 0.363 e. The molecule has 2 N–H and O–H groups in total. The topological polar surface area (TPSA) is 76.0 Å². The summed E-state index contributed by atoms with van der Waals surface area (Å²) in [7, 11) is 0. The molecule has 0 spiro atoms. The lowest BCUT2D eigenvalue weighted by Crippen LogP contribution is -2.48. The van der Waals surface area contributed by atoms with Gasteiger partial charge in [-0.3, -0.25) is 14.2 Å². The molecule has 1 aliphatic heterocycles. The molecule has 114 valence electrons. The molecule has 23 heavy (non-hydrogen) atoms. The average molecular weight is 306 g/mol. The first-order chi connectivity index (χ1) is 11.2. The van der Waals surface area contributed by atoms with E-state index in [1.165, 1.54) is 10.9 Å². The highest BCUT2D eigenvalue weighted by Crippen LogP contribution is 2.19. The van der Waals surface area contributed by atoms with Crippen molar-refractivity contribution in [2.45, 2.75) is 12.7 Å². The van der Waals surface area contributed by atoms with Gasteiger partial charge in [-0.25, -0.2) is 4.98 Å². The number of rotatable bonds is 2. The lowest BCUT2D eigenvalue weighted by Gasteiger charge is -2.28. The van der Waals surface area contributed by atoms with E-state index in [-0.39, 0.29) is 17.6 Å². The van der Waals surface area contributed by atoms with Gasteiger partial charge in [0.1, 0.15) is 6.17 Å². The second-order valence-corrected chi connectivity index (χ2v) is 5.44. The van der Waals surface area contributed by atoms with Gasteiger partial charge in [0, 0.05) is 5.69 Å². The van der Waals surface area contributed by atoms with Crippen molar-refractivity contribution in [3.8, 4) is 0 Å². The number of amides is 1. The van der Waals surface area contributed by atoms with E-state index in [0.717, 1.165) is 5.69 Å². The van der Waals surface area contributed by atoms with E-state index in [0.29, 0.717) is 23.0 Å². The van der Waals surface area contributed by atoms with Crippen molar-refractivity contribution in [3.63, 3.8) is 0 Å². The SMILES string of the molecule is O=C1NC(Cn2cnc3ccccc3c2=O)Nc2ccccc21. The van der Waals surface area contributed by atoms with Gasteiger partial charge in [-0.15, -0.1) is 0 Å². The number of carbonyl (C=O) groups is 1. The first-order valence-corrected chi connectivity index (χ1v) is 7.33. The number of para-hydroxylation sites is 2. The highest BCUT2D eigenvalue weighted by atomic mass is 16.2. The molecule has 6 heteroatoms. The number of benzene rings is 2. The van der Waals surface area contributed by atoms with Crippen molar-refractivity contribution >= 4 is 22.5 Å². The standard InChI is InChI=1S/C17H14N4O2/c22-16-11-5-1-4-8-14(11)19-15(20-16)9-21-10-18-13-7-3-2-6-12(13)17(21)23/h1-8,10,15,19H,9H2,(H,20,22). The molecule has 3 aromatic rings. The minimum Gasteiger partial charge on any atom is -0.363 e. The molecule has 0 fully saturated rings. The molecule has 0 bridgehead atoms. The van der Waals surface area contributed by atoms with Crippen LogP contribution in [0.4, 0.5) is 5.69 Å². The quantitative estimate of drug-likeness (QED) is 0.753. The van der Waals surface area contributed by atoms with Crippen LogP contribution in [0.5, 0.6) is 0 Å². The van der Waals surface area contributed by atoms with Gasteiger partial charge in [-0.1, -0.05) is 24.3 Å². The van der Waals surface area contributed by atoms with Gasteiger partial charge in [-0.2, -0.15) is 0 Å². The Morgan fingerprint density at radius 2 is 1.78 bits per heavy atom. The summed E-state index contributed by atoms with van der Waals surface area (Å²) in [5, 5.41) is 6.66. The van der Waals surface area contributed by atoms with Crippen LogP contribution in [0.2, 0.25) is 0 Å². The van der Waals surface area contributed by atoms with Crippen molar-refractivity contribution in [1.82, 2.24) is 14.9 Å². The van der Waals surface area contributed by atoms with Crippen LogP contribution in [0.1, 0.15) is 10.4 Å². The highest BCUT2D eigenvalue weighted by molar-refractivity contribution is 6.01. The number of nitrogens with one attached hydrogen (secondary N) is 2. The smallest absolute Gasteiger partial charge is 0.261 e. The summed E-state index contributed by atoms with van der Waals surface area (Å²) in [6.45, 7) is 0.302. The second kappa shape index (κ2) is 5.24. The maximum atomic E-state index is 12.5. The zero-order chi connectivity index (χ0) is 15.8. The van der Waals surface area contributed by atoms with Gasteiger partial charge in [0.25, 0.3) is 11.5 Å². The predicted octanol–water partition coefficient (Wildman–Crippen LogP) is 1.58. The molecule has 1 aromatic heterocycles.